The highest BCUT2D eigenvalue weighted by Gasteiger charge is 2.22. The van der Waals surface area contributed by atoms with Gasteiger partial charge in [-0.2, -0.15) is 0 Å². The molecule has 0 bridgehead atoms. The Morgan fingerprint density at radius 1 is 1.18 bits per heavy atom. The molecule has 0 aromatic carbocycles. The van der Waals surface area contributed by atoms with E-state index in [1.54, 1.807) is 14.0 Å². The van der Waals surface area contributed by atoms with Gasteiger partial charge in [0.15, 0.2) is 5.96 Å². The van der Waals surface area contributed by atoms with Crippen LogP contribution in [-0.4, -0.2) is 76.1 Å². The molecule has 0 aliphatic carbocycles. The van der Waals surface area contributed by atoms with Crippen LogP contribution >= 0.6 is 24.0 Å². The van der Waals surface area contributed by atoms with Crippen LogP contribution in [0.1, 0.15) is 27.7 Å². The first-order chi connectivity index (χ1) is 9.75. The fourth-order valence-corrected chi connectivity index (χ4v) is 3.03. The van der Waals surface area contributed by atoms with Crippen molar-refractivity contribution in [3.05, 3.63) is 0 Å². The van der Waals surface area contributed by atoms with E-state index in [2.05, 4.69) is 15.2 Å². The number of nitrogens with one attached hydrogen (secondary N) is 1. The molecule has 22 heavy (non-hydrogen) atoms. The van der Waals surface area contributed by atoms with E-state index in [4.69, 9.17) is 0 Å². The Morgan fingerprint density at radius 3 is 2.09 bits per heavy atom. The van der Waals surface area contributed by atoms with Crippen molar-refractivity contribution in [2.75, 3.05) is 45.5 Å². The third-order valence-corrected chi connectivity index (χ3v) is 5.43. The van der Waals surface area contributed by atoms with Crippen molar-refractivity contribution in [1.82, 2.24) is 15.1 Å². The lowest BCUT2D eigenvalue weighted by Crippen LogP contribution is -2.53. The van der Waals surface area contributed by atoms with E-state index in [1.807, 2.05) is 25.7 Å². The highest BCUT2D eigenvalue weighted by atomic mass is 127. The van der Waals surface area contributed by atoms with Gasteiger partial charge < -0.3 is 15.1 Å². The summed E-state index contributed by atoms with van der Waals surface area (Å²) in [7, 11) is 0.889. The van der Waals surface area contributed by atoms with E-state index in [-0.39, 0.29) is 34.6 Å². The van der Waals surface area contributed by atoms with E-state index in [0.717, 1.165) is 32.1 Å². The highest BCUT2D eigenvalue weighted by Crippen LogP contribution is 2.10. The van der Waals surface area contributed by atoms with Crippen molar-refractivity contribution in [3.63, 3.8) is 0 Å². The van der Waals surface area contributed by atoms with Crippen molar-refractivity contribution in [2.45, 2.75) is 32.4 Å². The van der Waals surface area contributed by atoms with Gasteiger partial charge in [0.05, 0.1) is 0 Å². The van der Waals surface area contributed by atoms with Crippen molar-refractivity contribution < 1.29 is 9.00 Å². The first-order valence-electron chi connectivity index (χ1n) is 7.35. The quantitative estimate of drug-likeness (QED) is 0.399. The van der Waals surface area contributed by atoms with E-state index >= 15 is 0 Å². The normalized spacial score (nSPS) is 17.8. The standard InChI is InChI=1S/C14H28N4O2S.HI/c1-12(19)17-7-9-18(10-8-17)13(15-5)16-6-11-21(20)14(2,3)4;/h6-11H2,1-5H3,(H,15,16);1H. The number of nitrogens with zero attached hydrogens (tertiary/aromatic N) is 3. The van der Waals surface area contributed by atoms with Crippen molar-refractivity contribution in [1.29, 1.82) is 0 Å². The molecule has 1 N–H and O–H groups in total. The Kier molecular flexibility index (Phi) is 9.52. The van der Waals surface area contributed by atoms with E-state index in [0.29, 0.717) is 12.3 Å². The number of rotatable bonds is 3. The topological polar surface area (TPSA) is 65.0 Å². The van der Waals surface area contributed by atoms with Crippen LogP contribution in [0.5, 0.6) is 0 Å². The number of aliphatic imine (C=N–C) groups is 1. The van der Waals surface area contributed by atoms with E-state index in [9.17, 15) is 9.00 Å². The van der Waals surface area contributed by atoms with Gasteiger partial charge in [0.2, 0.25) is 5.91 Å². The highest BCUT2D eigenvalue weighted by molar-refractivity contribution is 14.0. The minimum atomic E-state index is -0.861. The Bertz CT molecular complexity index is 416. The maximum absolute atomic E-state index is 12.0. The third-order valence-electron chi connectivity index (χ3n) is 3.49. The van der Waals surface area contributed by atoms with Gasteiger partial charge in [0.25, 0.3) is 0 Å². The molecule has 0 saturated carbocycles. The molecule has 1 heterocycles. The summed E-state index contributed by atoms with van der Waals surface area (Å²) in [4.78, 5) is 19.6. The van der Waals surface area contributed by atoms with Crippen LogP contribution in [0, 0.1) is 0 Å². The van der Waals surface area contributed by atoms with Crippen LogP contribution in [0.25, 0.3) is 0 Å². The second kappa shape index (κ2) is 9.69. The number of amides is 1. The van der Waals surface area contributed by atoms with Crippen LogP contribution in [0.2, 0.25) is 0 Å². The monoisotopic (exact) mass is 444 g/mol. The summed E-state index contributed by atoms with van der Waals surface area (Å²) in [5, 5.41) is 3.27. The molecule has 0 radical (unpaired) electrons. The maximum atomic E-state index is 12.0. The molecular weight excluding hydrogens is 415 g/mol. The van der Waals surface area contributed by atoms with Gasteiger partial charge in [0.1, 0.15) is 0 Å². The Hall–Kier alpha value is -0.380. The molecule has 0 spiro atoms. The SMILES string of the molecule is CN=C(NCCS(=O)C(C)(C)C)N1CCN(C(C)=O)CC1.I. The molecule has 6 nitrogen and oxygen atoms in total. The zero-order chi connectivity index (χ0) is 16.0. The van der Waals surface area contributed by atoms with Crippen LogP contribution in [0.3, 0.4) is 0 Å². The Morgan fingerprint density at radius 2 is 1.68 bits per heavy atom. The molecule has 1 rings (SSSR count). The molecule has 1 amide bonds. The van der Waals surface area contributed by atoms with E-state index < -0.39 is 10.8 Å². The predicted molar refractivity (Wildman–Crippen MR) is 103 cm³/mol. The van der Waals surface area contributed by atoms with E-state index in [1.165, 1.54) is 0 Å². The average Bonchev–Trinajstić information content (AvgIpc) is 2.42. The fourth-order valence-electron chi connectivity index (χ4n) is 2.13. The van der Waals surface area contributed by atoms with Gasteiger partial charge in [-0.05, 0) is 20.8 Å². The van der Waals surface area contributed by atoms with Crippen LogP contribution < -0.4 is 5.32 Å². The minimum absolute atomic E-state index is 0. The number of guanidine groups is 1. The van der Waals surface area contributed by atoms with Gasteiger partial charge in [-0.3, -0.25) is 14.0 Å². The Labute approximate surface area is 153 Å². The second-order valence-electron chi connectivity index (χ2n) is 6.13. The van der Waals surface area contributed by atoms with Crippen LogP contribution in [0.15, 0.2) is 4.99 Å². The molecule has 1 fully saturated rings. The third kappa shape index (κ3) is 6.80. The van der Waals surface area contributed by atoms with Crippen molar-refractivity contribution >= 4 is 46.6 Å². The minimum Gasteiger partial charge on any atom is -0.355 e. The average molecular weight is 444 g/mol. The lowest BCUT2D eigenvalue weighted by atomic mass is 10.3. The summed E-state index contributed by atoms with van der Waals surface area (Å²) in [5.41, 5.74) is 0. The first-order valence-corrected chi connectivity index (χ1v) is 8.67. The fraction of sp³-hybridized carbons (Fsp3) is 0.857. The van der Waals surface area contributed by atoms with Crippen molar-refractivity contribution in [2.24, 2.45) is 4.99 Å². The van der Waals surface area contributed by atoms with Crippen molar-refractivity contribution in [3.8, 4) is 0 Å². The number of hydrogen-bond donors (Lipinski definition) is 1. The molecule has 1 aliphatic rings. The number of halogens is 1. The van der Waals surface area contributed by atoms with Gasteiger partial charge >= 0.3 is 0 Å². The first kappa shape index (κ1) is 21.6. The van der Waals surface area contributed by atoms with Gasteiger partial charge in [-0.15, -0.1) is 24.0 Å². The summed E-state index contributed by atoms with van der Waals surface area (Å²) in [6, 6.07) is 0. The lowest BCUT2D eigenvalue weighted by molar-refractivity contribution is -0.130. The summed E-state index contributed by atoms with van der Waals surface area (Å²) < 4.78 is 11.8. The molecule has 0 aromatic heterocycles. The zero-order valence-corrected chi connectivity index (χ0v) is 17.4. The molecule has 1 saturated heterocycles. The van der Waals surface area contributed by atoms with Gasteiger partial charge in [0, 0.05) is 68.0 Å². The largest absolute Gasteiger partial charge is 0.355 e. The second-order valence-corrected chi connectivity index (χ2v) is 8.45. The summed E-state index contributed by atoms with van der Waals surface area (Å²) in [6.07, 6.45) is 0. The molecule has 130 valence electrons. The molecular formula is C14H29IN4O2S. The zero-order valence-electron chi connectivity index (χ0n) is 14.2. The molecule has 1 aliphatic heterocycles. The number of piperazine rings is 1. The van der Waals surface area contributed by atoms with Gasteiger partial charge in [-0.25, -0.2) is 0 Å². The number of carbonyl (C=O) groups excluding carboxylic acids is 1. The number of carbonyl (C=O) groups is 1. The summed E-state index contributed by atoms with van der Waals surface area (Å²) >= 11 is 0. The van der Waals surface area contributed by atoms with Gasteiger partial charge in [-0.1, -0.05) is 0 Å². The van der Waals surface area contributed by atoms with Crippen LogP contribution in [-0.2, 0) is 15.6 Å². The molecule has 1 unspecified atom stereocenters. The molecule has 1 atom stereocenters. The predicted octanol–water partition coefficient (Wildman–Crippen LogP) is 0.891. The maximum Gasteiger partial charge on any atom is 0.219 e. The molecule has 0 aromatic rings. The smallest absolute Gasteiger partial charge is 0.219 e. The Balaban J connectivity index is 0.00000441. The van der Waals surface area contributed by atoms with Crippen LogP contribution in [0.4, 0.5) is 0 Å². The lowest BCUT2D eigenvalue weighted by Gasteiger charge is -2.36. The summed E-state index contributed by atoms with van der Waals surface area (Å²) in [5.74, 6) is 1.55. The summed E-state index contributed by atoms with van der Waals surface area (Å²) in [6.45, 7) is 11.2. The molecule has 8 heteroatoms. The number of hydrogen-bond acceptors (Lipinski definition) is 3.